The number of hydrogen-bond donors (Lipinski definition) is 1. The summed E-state index contributed by atoms with van der Waals surface area (Å²) < 4.78 is 4.94. The second-order valence-electron chi connectivity index (χ2n) is 4.74. The van der Waals surface area contributed by atoms with Crippen molar-refractivity contribution in [2.75, 3.05) is 33.9 Å². The van der Waals surface area contributed by atoms with E-state index in [1.54, 1.807) is 12.0 Å². The third-order valence-electron chi connectivity index (χ3n) is 2.66. The molecule has 96 valence electrons. The summed E-state index contributed by atoms with van der Waals surface area (Å²) in [5.74, 6) is 1.05. The van der Waals surface area contributed by atoms with Crippen molar-refractivity contribution in [2.45, 2.75) is 26.7 Å². The molecule has 2 N–H and O–H groups in total. The van der Waals surface area contributed by atoms with Crippen molar-refractivity contribution in [3.63, 3.8) is 0 Å². The van der Waals surface area contributed by atoms with Crippen molar-refractivity contribution >= 4 is 5.91 Å². The maximum atomic E-state index is 11.8. The molecular formula is C12H26N2O2. The molecule has 0 spiro atoms. The van der Waals surface area contributed by atoms with Crippen LogP contribution in [0.4, 0.5) is 0 Å². The smallest absolute Gasteiger partial charge is 0.222 e. The van der Waals surface area contributed by atoms with E-state index in [0.29, 0.717) is 38.0 Å². The van der Waals surface area contributed by atoms with E-state index in [1.807, 2.05) is 7.05 Å². The van der Waals surface area contributed by atoms with Gasteiger partial charge in [-0.15, -0.1) is 0 Å². The number of ether oxygens (including phenoxy) is 1. The first-order valence-electron chi connectivity index (χ1n) is 5.94. The van der Waals surface area contributed by atoms with Crippen LogP contribution in [0, 0.1) is 11.8 Å². The molecule has 0 aliphatic rings. The largest absolute Gasteiger partial charge is 0.383 e. The predicted octanol–water partition coefficient (Wildman–Crippen LogP) is 1.10. The van der Waals surface area contributed by atoms with Gasteiger partial charge in [-0.2, -0.15) is 0 Å². The highest BCUT2D eigenvalue weighted by Gasteiger charge is 2.16. The molecule has 0 bridgehead atoms. The van der Waals surface area contributed by atoms with Gasteiger partial charge in [-0.25, -0.2) is 0 Å². The van der Waals surface area contributed by atoms with Crippen molar-refractivity contribution in [3.8, 4) is 0 Å². The van der Waals surface area contributed by atoms with Crippen LogP contribution in [-0.2, 0) is 9.53 Å². The van der Waals surface area contributed by atoms with Gasteiger partial charge in [-0.05, 0) is 24.8 Å². The number of carbonyl (C=O) groups is 1. The van der Waals surface area contributed by atoms with Gasteiger partial charge >= 0.3 is 0 Å². The Morgan fingerprint density at radius 1 is 1.44 bits per heavy atom. The Morgan fingerprint density at radius 2 is 2.06 bits per heavy atom. The zero-order valence-electron chi connectivity index (χ0n) is 11.0. The summed E-state index contributed by atoms with van der Waals surface area (Å²) in [5.41, 5.74) is 5.67. The topological polar surface area (TPSA) is 55.6 Å². The van der Waals surface area contributed by atoms with E-state index in [0.717, 1.165) is 6.42 Å². The van der Waals surface area contributed by atoms with E-state index in [-0.39, 0.29) is 5.91 Å². The summed E-state index contributed by atoms with van der Waals surface area (Å²) in [6.45, 7) is 6.12. The molecule has 0 aromatic rings. The van der Waals surface area contributed by atoms with E-state index in [9.17, 15) is 4.79 Å². The summed E-state index contributed by atoms with van der Waals surface area (Å²) in [7, 11) is 3.45. The molecule has 0 rings (SSSR count). The van der Waals surface area contributed by atoms with Crippen LogP contribution in [0.2, 0.25) is 0 Å². The third-order valence-corrected chi connectivity index (χ3v) is 2.66. The van der Waals surface area contributed by atoms with Crippen LogP contribution in [0.25, 0.3) is 0 Å². The Hall–Kier alpha value is -0.610. The van der Waals surface area contributed by atoms with Gasteiger partial charge in [-0.1, -0.05) is 13.8 Å². The van der Waals surface area contributed by atoms with Gasteiger partial charge in [0.25, 0.3) is 0 Å². The van der Waals surface area contributed by atoms with Gasteiger partial charge in [0.1, 0.15) is 0 Å². The van der Waals surface area contributed by atoms with Gasteiger partial charge in [0, 0.05) is 27.1 Å². The average Bonchev–Trinajstić information content (AvgIpc) is 2.23. The molecule has 4 heteroatoms. The summed E-state index contributed by atoms with van der Waals surface area (Å²) in [6, 6.07) is 0. The molecule has 0 aromatic heterocycles. The number of hydrogen-bond acceptors (Lipinski definition) is 3. The van der Waals surface area contributed by atoms with Gasteiger partial charge in [0.15, 0.2) is 0 Å². The minimum absolute atomic E-state index is 0.160. The summed E-state index contributed by atoms with van der Waals surface area (Å²) in [5, 5.41) is 0. The molecule has 0 radical (unpaired) electrons. The molecule has 16 heavy (non-hydrogen) atoms. The lowest BCUT2D eigenvalue weighted by Gasteiger charge is -2.21. The molecule has 4 nitrogen and oxygen atoms in total. The van der Waals surface area contributed by atoms with Crippen molar-refractivity contribution in [3.05, 3.63) is 0 Å². The van der Waals surface area contributed by atoms with Crippen LogP contribution in [0.5, 0.6) is 0 Å². The number of nitrogens with two attached hydrogens (primary N) is 1. The van der Waals surface area contributed by atoms with E-state index in [2.05, 4.69) is 13.8 Å². The number of amides is 1. The molecule has 0 aromatic carbocycles. The summed E-state index contributed by atoms with van der Waals surface area (Å²) >= 11 is 0. The molecule has 0 unspecified atom stereocenters. The summed E-state index contributed by atoms with van der Waals surface area (Å²) in [6.07, 6.45) is 1.56. The third kappa shape index (κ3) is 6.80. The maximum absolute atomic E-state index is 11.8. The molecular weight excluding hydrogens is 204 g/mol. The second-order valence-corrected chi connectivity index (χ2v) is 4.74. The maximum Gasteiger partial charge on any atom is 0.222 e. The molecule has 0 aliphatic heterocycles. The predicted molar refractivity (Wildman–Crippen MR) is 66.1 cm³/mol. The molecule has 0 fully saturated rings. The van der Waals surface area contributed by atoms with Gasteiger partial charge in [-0.3, -0.25) is 4.79 Å². The standard InChI is InChI=1S/C12H26N2O2/c1-10(2)7-11(9-13)8-12(15)14(3)5-6-16-4/h10-11H,5-9,13H2,1-4H3/t11-/m0/s1. The Kier molecular flexibility index (Phi) is 8.21. The first-order chi connectivity index (χ1) is 7.51. The Balaban J connectivity index is 3.98. The first-order valence-corrected chi connectivity index (χ1v) is 5.94. The number of nitrogens with zero attached hydrogens (tertiary/aromatic N) is 1. The van der Waals surface area contributed by atoms with Crippen molar-refractivity contribution in [1.82, 2.24) is 4.90 Å². The molecule has 1 atom stereocenters. The van der Waals surface area contributed by atoms with E-state index >= 15 is 0 Å². The minimum Gasteiger partial charge on any atom is -0.383 e. The van der Waals surface area contributed by atoms with Crippen molar-refractivity contribution in [2.24, 2.45) is 17.6 Å². The Labute approximate surface area is 99.1 Å². The fourth-order valence-electron chi connectivity index (χ4n) is 1.69. The lowest BCUT2D eigenvalue weighted by atomic mass is 9.94. The molecule has 0 saturated carbocycles. The van der Waals surface area contributed by atoms with E-state index < -0.39 is 0 Å². The highest BCUT2D eigenvalue weighted by molar-refractivity contribution is 5.76. The fourth-order valence-corrected chi connectivity index (χ4v) is 1.69. The molecule has 0 aliphatic carbocycles. The van der Waals surface area contributed by atoms with E-state index in [1.165, 1.54) is 0 Å². The van der Waals surface area contributed by atoms with Gasteiger partial charge in [0.05, 0.1) is 6.61 Å². The monoisotopic (exact) mass is 230 g/mol. The lowest BCUT2D eigenvalue weighted by Crippen LogP contribution is -2.33. The normalized spacial score (nSPS) is 12.9. The Morgan fingerprint density at radius 3 is 2.50 bits per heavy atom. The van der Waals surface area contributed by atoms with Crippen LogP contribution >= 0.6 is 0 Å². The lowest BCUT2D eigenvalue weighted by molar-refractivity contribution is -0.131. The molecule has 1 amide bonds. The number of likely N-dealkylation sites (N-methyl/N-ethyl adjacent to an activating group) is 1. The van der Waals surface area contributed by atoms with Gasteiger partial charge in [0.2, 0.25) is 5.91 Å². The molecule has 0 saturated heterocycles. The second kappa shape index (κ2) is 8.53. The number of carbonyl (C=O) groups excluding carboxylic acids is 1. The first kappa shape index (κ1) is 15.4. The quantitative estimate of drug-likeness (QED) is 0.679. The highest BCUT2D eigenvalue weighted by atomic mass is 16.5. The zero-order valence-corrected chi connectivity index (χ0v) is 11.0. The Bertz CT molecular complexity index is 195. The number of methoxy groups -OCH3 is 1. The zero-order chi connectivity index (χ0) is 12.6. The van der Waals surface area contributed by atoms with Crippen LogP contribution in [0.3, 0.4) is 0 Å². The van der Waals surface area contributed by atoms with Crippen LogP contribution in [0.1, 0.15) is 26.7 Å². The summed E-state index contributed by atoms with van der Waals surface area (Å²) in [4.78, 5) is 13.5. The van der Waals surface area contributed by atoms with Crippen molar-refractivity contribution < 1.29 is 9.53 Å². The van der Waals surface area contributed by atoms with Crippen LogP contribution in [0.15, 0.2) is 0 Å². The average molecular weight is 230 g/mol. The fraction of sp³-hybridized carbons (Fsp3) is 0.917. The van der Waals surface area contributed by atoms with Crippen molar-refractivity contribution in [1.29, 1.82) is 0 Å². The molecule has 0 heterocycles. The number of rotatable bonds is 8. The van der Waals surface area contributed by atoms with Crippen LogP contribution in [-0.4, -0.2) is 44.7 Å². The van der Waals surface area contributed by atoms with E-state index in [4.69, 9.17) is 10.5 Å². The minimum atomic E-state index is 0.160. The van der Waals surface area contributed by atoms with Gasteiger partial charge < -0.3 is 15.4 Å². The highest BCUT2D eigenvalue weighted by Crippen LogP contribution is 2.15. The van der Waals surface area contributed by atoms with Crippen LogP contribution < -0.4 is 5.73 Å². The SMILES string of the molecule is COCCN(C)C(=O)C[C@@H](CN)CC(C)C.